The number of rotatable bonds is 3. The van der Waals surface area contributed by atoms with Crippen molar-refractivity contribution in [3.63, 3.8) is 0 Å². The SMILES string of the molecule is C[C@@H]1CCc2c(Oc3ccc(-c4nccn4C)cc3)ccc(F)c21. The maximum atomic E-state index is 14.0. The number of hydrogen-bond acceptors (Lipinski definition) is 2. The molecule has 24 heavy (non-hydrogen) atoms. The predicted octanol–water partition coefficient (Wildman–Crippen LogP) is 5.07. The average molecular weight is 322 g/mol. The zero-order chi connectivity index (χ0) is 16.7. The van der Waals surface area contributed by atoms with Crippen molar-refractivity contribution in [3.05, 3.63) is 65.7 Å². The third kappa shape index (κ3) is 2.48. The number of aryl methyl sites for hydroxylation is 1. The topological polar surface area (TPSA) is 27.1 Å². The molecule has 1 atom stereocenters. The van der Waals surface area contributed by atoms with Gasteiger partial charge in [0.15, 0.2) is 0 Å². The number of benzene rings is 2. The van der Waals surface area contributed by atoms with Gasteiger partial charge < -0.3 is 9.30 Å². The summed E-state index contributed by atoms with van der Waals surface area (Å²) in [4.78, 5) is 4.35. The molecule has 3 nitrogen and oxygen atoms in total. The maximum absolute atomic E-state index is 14.0. The fourth-order valence-corrected chi connectivity index (χ4v) is 3.45. The minimum absolute atomic E-state index is 0.118. The molecule has 0 radical (unpaired) electrons. The lowest BCUT2D eigenvalue weighted by Crippen LogP contribution is -1.96. The molecule has 1 aromatic heterocycles. The van der Waals surface area contributed by atoms with Crippen molar-refractivity contribution >= 4 is 0 Å². The Bertz CT molecular complexity index is 883. The standard InChI is InChI=1S/C20H19FN2O/c1-13-3-8-16-18(10-9-17(21)19(13)16)24-15-6-4-14(5-7-15)20-22-11-12-23(20)2/h4-7,9-13H,3,8H2,1-2H3/t13-/m1/s1. The molecule has 4 rings (SSSR count). The first-order chi connectivity index (χ1) is 11.6. The normalized spacial score (nSPS) is 16.2. The molecular weight excluding hydrogens is 303 g/mol. The predicted molar refractivity (Wildman–Crippen MR) is 91.9 cm³/mol. The van der Waals surface area contributed by atoms with E-state index in [0.717, 1.165) is 46.9 Å². The molecule has 0 N–H and O–H groups in total. The van der Waals surface area contributed by atoms with Gasteiger partial charge in [-0.1, -0.05) is 6.92 Å². The Kier molecular flexibility index (Phi) is 3.60. The van der Waals surface area contributed by atoms with Crippen molar-refractivity contribution in [2.75, 3.05) is 0 Å². The smallest absolute Gasteiger partial charge is 0.139 e. The molecular formula is C20H19FN2O. The van der Waals surface area contributed by atoms with Gasteiger partial charge in [-0.05, 0) is 60.7 Å². The molecule has 0 aliphatic heterocycles. The first-order valence-electron chi connectivity index (χ1n) is 8.20. The Balaban J connectivity index is 1.62. The number of fused-ring (bicyclic) bond motifs is 1. The van der Waals surface area contributed by atoms with Crippen LogP contribution in [0, 0.1) is 5.82 Å². The monoisotopic (exact) mass is 322 g/mol. The van der Waals surface area contributed by atoms with Crippen LogP contribution in [-0.4, -0.2) is 9.55 Å². The van der Waals surface area contributed by atoms with E-state index in [0.29, 0.717) is 0 Å². The number of hydrogen-bond donors (Lipinski definition) is 0. The summed E-state index contributed by atoms with van der Waals surface area (Å²) in [5.74, 6) is 2.57. The zero-order valence-electron chi connectivity index (χ0n) is 13.8. The molecule has 0 fully saturated rings. The van der Waals surface area contributed by atoms with Gasteiger partial charge in [0, 0.05) is 30.6 Å². The van der Waals surface area contributed by atoms with Crippen molar-refractivity contribution in [3.8, 4) is 22.9 Å². The molecule has 0 spiro atoms. The second kappa shape index (κ2) is 5.78. The minimum atomic E-state index is -0.118. The quantitative estimate of drug-likeness (QED) is 0.673. The summed E-state index contributed by atoms with van der Waals surface area (Å²) in [6, 6.07) is 11.1. The first kappa shape index (κ1) is 14.9. The molecule has 0 unspecified atom stereocenters. The van der Waals surface area contributed by atoms with E-state index in [2.05, 4.69) is 11.9 Å². The van der Waals surface area contributed by atoms with Crippen molar-refractivity contribution in [1.29, 1.82) is 0 Å². The molecule has 0 saturated heterocycles. The number of aromatic nitrogens is 2. The second-order valence-electron chi connectivity index (χ2n) is 6.37. The van der Waals surface area contributed by atoms with Crippen molar-refractivity contribution in [2.45, 2.75) is 25.7 Å². The van der Waals surface area contributed by atoms with E-state index in [-0.39, 0.29) is 11.7 Å². The van der Waals surface area contributed by atoms with E-state index in [1.54, 1.807) is 12.3 Å². The van der Waals surface area contributed by atoms with Crippen LogP contribution in [-0.2, 0) is 13.5 Å². The molecule has 0 bridgehead atoms. The molecule has 4 heteroatoms. The van der Waals surface area contributed by atoms with Crippen LogP contribution in [0.2, 0.25) is 0 Å². The van der Waals surface area contributed by atoms with Crippen LogP contribution in [0.4, 0.5) is 4.39 Å². The highest BCUT2D eigenvalue weighted by Gasteiger charge is 2.25. The molecule has 0 amide bonds. The lowest BCUT2D eigenvalue weighted by atomic mass is 10.0. The number of halogens is 1. The van der Waals surface area contributed by atoms with Crippen molar-refractivity contribution in [2.24, 2.45) is 7.05 Å². The van der Waals surface area contributed by atoms with Gasteiger partial charge in [0.05, 0.1) is 0 Å². The van der Waals surface area contributed by atoms with Crippen LogP contribution in [0.5, 0.6) is 11.5 Å². The summed E-state index contributed by atoms with van der Waals surface area (Å²) in [5.41, 5.74) is 2.86. The molecule has 122 valence electrons. The third-order valence-electron chi connectivity index (χ3n) is 4.74. The van der Waals surface area contributed by atoms with Gasteiger partial charge >= 0.3 is 0 Å². The first-order valence-corrected chi connectivity index (χ1v) is 8.20. The molecule has 2 aromatic carbocycles. The number of ether oxygens (including phenoxy) is 1. The van der Waals surface area contributed by atoms with Crippen LogP contribution in [0.25, 0.3) is 11.4 Å². The summed E-state index contributed by atoms with van der Waals surface area (Å²) < 4.78 is 22.1. The Morgan fingerprint density at radius 2 is 1.96 bits per heavy atom. The Morgan fingerprint density at radius 3 is 2.67 bits per heavy atom. The summed E-state index contributed by atoms with van der Waals surface area (Å²) in [6.45, 7) is 2.07. The Morgan fingerprint density at radius 1 is 1.17 bits per heavy atom. The largest absolute Gasteiger partial charge is 0.457 e. The summed E-state index contributed by atoms with van der Waals surface area (Å²) in [5, 5.41) is 0. The highest BCUT2D eigenvalue weighted by molar-refractivity contribution is 5.57. The van der Waals surface area contributed by atoms with E-state index in [9.17, 15) is 4.39 Å². The Labute approximate surface area is 140 Å². The molecule has 1 aliphatic rings. The second-order valence-corrected chi connectivity index (χ2v) is 6.37. The van der Waals surface area contributed by atoms with E-state index in [4.69, 9.17) is 4.74 Å². The molecule has 1 heterocycles. The lowest BCUT2D eigenvalue weighted by Gasteiger charge is -2.13. The third-order valence-corrected chi connectivity index (χ3v) is 4.74. The van der Waals surface area contributed by atoms with Crippen molar-refractivity contribution < 1.29 is 9.13 Å². The molecule has 0 saturated carbocycles. The van der Waals surface area contributed by atoms with E-state index in [1.807, 2.05) is 42.1 Å². The van der Waals surface area contributed by atoms with E-state index in [1.165, 1.54) is 6.07 Å². The fraction of sp³-hybridized carbons (Fsp3) is 0.250. The van der Waals surface area contributed by atoms with Crippen LogP contribution in [0.3, 0.4) is 0 Å². The minimum Gasteiger partial charge on any atom is -0.457 e. The van der Waals surface area contributed by atoms with Gasteiger partial charge in [-0.15, -0.1) is 0 Å². The number of imidazole rings is 1. The summed E-state index contributed by atoms with van der Waals surface area (Å²) >= 11 is 0. The average Bonchev–Trinajstić information content (AvgIpc) is 3.18. The van der Waals surface area contributed by atoms with Gasteiger partial charge in [-0.25, -0.2) is 9.37 Å². The van der Waals surface area contributed by atoms with Gasteiger partial charge in [0.2, 0.25) is 0 Å². The van der Waals surface area contributed by atoms with Gasteiger partial charge in [-0.2, -0.15) is 0 Å². The zero-order valence-corrected chi connectivity index (χ0v) is 13.8. The summed E-state index contributed by atoms with van der Waals surface area (Å²) in [6.07, 6.45) is 5.55. The highest BCUT2D eigenvalue weighted by atomic mass is 19.1. The van der Waals surface area contributed by atoms with E-state index >= 15 is 0 Å². The van der Waals surface area contributed by atoms with Crippen LogP contribution >= 0.6 is 0 Å². The Hall–Kier alpha value is -2.62. The van der Waals surface area contributed by atoms with Crippen LogP contribution in [0.15, 0.2) is 48.8 Å². The van der Waals surface area contributed by atoms with Crippen molar-refractivity contribution in [1.82, 2.24) is 9.55 Å². The maximum Gasteiger partial charge on any atom is 0.139 e. The van der Waals surface area contributed by atoms with Gasteiger partial charge in [0.25, 0.3) is 0 Å². The lowest BCUT2D eigenvalue weighted by molar-refractivity contribution is 0.474. The number of nitrogens with zero attached hydrogens (tertiary/aromatic N) is 2. The van der Waals surface area contributed by atoms with E-state index < -0.39 is 0 Å². The van der Waals surface area contributed by atoms with Gasteiger partial charge in [0.1, 0.15) is 23.1 Å². The molecule has 1 aliphatic carbocycles. The molecule has 3 aromatic rings. The van der Waals surface area contributed by atoms with Crippen LogP contribution < -0.4 is 4.74 Å². The summed E-state index contributed by atoms with van der Waals surface area (Å²) in [7, 11) is 1.97. The highest BCUT2D eigenvalue weighted by Crippen LogP contribution is 2.41. The van der Waals surface area contributed by atoms with Crippen LogP contribution in [0.1, 0.15) is 30.4 Å². The van der Waals surface area contributed by atoms with Gasteiger partial charge in [-0.3, -0.25) is 0 Å². The fourth-order valence-electron chi connectivity index (χ4n) is 3.45.